The van der Waals surface area contributed by atoms with Gasteiger partial charge in [0.1, 0.15) is 5.01 Å². The zero-order valence-corrected chi connectivity index (χ0v) is 11.4. The Bertz CT molecular complexity index is 360. The van der Waals surface area contributed by atoms with Crippen LogP contribution in [0.2, 0.25) is 0 Å². The van der Waals surface area contributed by atoms with Gasteiger partial charge in [0.25, 0.3) is 0 Å². The van der Waals surface area contributed by atoms with Crippen LogP contribution < -0.4 is 0 Å². The van der Waals surface area contributed by atoms with Crippen molar-refractivity contribution in [2.24, 2.45) is 0 Å². The van der Waals surface area contributed by atoms with E-state index in [9.17, 15) is 4.79 Å². The van der Waals surface area contributed by atoms with E-state index in [-0.39, 0.29) is 5.78 Å². The number of hydrogen-bond donors (Lipinski definition) is 0. The molecular formula is C12H20N2OS. The van der Waals surface area contributed by atoms with Crippen molar-refractivity contribution >= 4 is 17.1 Å². The quantitative estimate of drug-likeness (QED) is 0.717. The molecule has 0 aliphatic heterocycles. The third-order valence-corrected chi connectivity index (χ3v) is 3.70. The minimum absolute atomic E-state index is 0.123. The normalized spacial score (nSPS) is 11.1. The second kappa shape index (κ2) is 6.11. The number of unbranched alkanes of at least 4 members (excludes halogenated alkanes) is 1. The molecule has 0 bridgehead atoms. The molecule has 0 spiro atoms. The molecule has 0 saturated heterocycles. The van der Waals surface area contributed by atoms with Crippen molar-refractivity contribution in [3.63, 3.8) is 0 Å². The molecule has 0 amide bonds. The highest BCUT2D eigenvalue weighted by molar-refractivity contribution is 7.13. The first-order chi connectivity index (χ1) is 7.54. The Morgan fingerprint density at radius 3 is 2.69 bits per heavy atom. The summed E-state index contributed by atoms with van der Waals surface area (Å²) in [6.07, 6.45) is 2.42. The van der Waals surface area contributed by atoms with Gasteiger partial charge in [-0.05, 0) is 26.9 Å². The summed E-state index contributed by atoms with van der Waals surface area (Å²) in [7, 11) is 2.10. The molecular weight excluding hydrogens is 220 g/mol. The average Bonchev–Trinajstić information content (AvgIpc) is 2.56. The lowest BCUT2D eigenvalue weighted by molar-refractivity contribution is 0.102. The molecule has 16 heavy (non-hydrogen) atoms. The van der Waals surface area contributed by atoms with Crippen LogP contribution in [0.4, 0.5) is 0 Å². The lowest BCUT2D eigenvalue weighted by atomic mass is 10.3. The second-order valence-corrected chi connectivity index (χ2v) is 5.25. The molecule has 1 aromatic rings. The Balaban J connectivity index is 2.60. The molecule has 3 nitrogen and oxygen atoms in total. The number of aromatic nitrogens is 1. The van der Waals surface area contributed by atoms with Crippen LogP contribution >= 0.6 is 11.3 Å². The maximum Gasteiger partial charge on any atom is 0.171 e. The Morgan fingerprint density at radius 2 is 2.19 bits per heavy atom. The van der Waals surface area contributed by atoms with Crippen molar-refractivity contribution in [2.45, 2.75) is 40.2 Å². The Morgan fingerprint density at radius 1 is 1.50 bits per heavy atom. The van der Waals surface area contributed by atoms with Crippen LogP contribution in [-0.2, 0) is 6.54 Å². The van der Waals surface area contributed by atoms with E-state index in [4.69, 9.17) is 0 Å². The van der Waals surface area contributed by atoms with E-state index >= 15 is 0 Å². The molecule has 1 heterocycles. The van der Waals surface area contributed by atoms with Gasteiger partial charge < -0.3 is 0 Å². The number of rotatable bonds is 6. The third-order valence-electron chi connectivity index (χ3n) is 2.46. The SMILES string of the molecule is CCCCN(C)Cc1nc(C)c(C(C)=O)s1. The first-order valence-corrected chi connectivity index (χ1v) is 6.52. The van der Waals surface area contributed by atoms with Crippen LogP contribution in [0.3, 0.4) is 0 Å². The fourth-order valence-electron chi connectivity index (χ4n) is 1.58. The number of hydrogen-bond acceptors (Lipinski definition) is 4. The summed E-state index contributed by atoms with van der Waals surface area (Å²) < 4.78 is 0. The highest BCUT2D eigenvalue weighted by atomic mass is 32.1. The van der Waals surface area contributed by atoms with Crippen LogP contribution in [-0.4, -0.2) is 29.3 Å². The Labute approximate surface area is 101 Å². The van der Waals surface area contributed by atoms with E-state index in [1.165, 1.54) is 24.2 Å². The maximum absolute atomic E-state index is 11.3. The van der Waals surface area contributed by atoms with E-state index in [0.717, 1.165) is 28.7 Å². The van der Waals surface area contributed by atoms with Gasteiger partial charge in [-0.3, -0.25) is 9.69 Å². The third kappa shape index (κ3) is 3.68. The Hall–Kier alpha value is -0.740. The maximum atomic E-state index is 11.3. The van der Waals surface area contributed by atoms with Gasteiger partial charge in [0.2, 0.25) is 0 Å². The van der Waals surface area contributed by atoms with Crippen LogP contribution in [0.25, 0.3) is 0 Å². The number of ketones is 1. The number of thiazole rings is 1. The molecule has 0 fully saturated rings. The van der Waals surface area contributed by atoms with Crippen LogP contribution in [0, 0.1) is 6.92 Å². The number of Topliss-reactive ketones (excluding diaryl/α,β-unsaturated/α-hetero) is 1. The van der Waals surface area contributed by atoms with Crippen molar-refractivity contribution in [1.82, 2.24) is 9.88 Å². The number of aryl methyl sites for hydroxylation is 1. The molecule has 0 unspecified atom stereocenters. The first kappa shape index (κ1) is 13.3. The van der Waals surface area contributed by atoms with Crippen molar-refractivity contribution in [3.05, 3.63) is 15.6 Å². The molecule has 0 radical (unpaired) electrons. The molecule has 0 aliphatic rings. The van der Waals surface area contributed by atoms with Crippen molar-refractivity contribution < 1.29 is 4.79 Å². The zero-order chi connectivity index (χ0) is 12.1. The van der Waals surface area contributed by atoms with Crippen molar-refractivity contribution in [1.29, 1.82) is 0 Å². The molecule has 0 saturated carbocycles. The molecule has 90 valence electrons. The second-order valence-electron chi connectivity index (χ2n) is 4.17. The predicted octanol–water partition coefficient (Wildman–Crippen LogP) is 2.89. The molecule has 1 aromatic heterocycles. The fourth-order valence-corrected chi connectivity index (χ4v) is 2.62. The number of carbonyl (C=O) groups excluding carboxylic acids is 1. The first-order valence-electron chi connectivity index (χ1n) is 5.70. The van der Waals surface area contributed by atoms with Crippen LogP contribution in [0.1, 0.15) is 47.1 Å². The molecule has 0 aromatic carbocycles. The summed E-state index contributed by atoms with van der Waals surface area (Å²) in [5.41, 5.74) is 0.872. The molecule has 0 N–H and O–H groups in total. The zero-order valence-electron chi connectivity index (χ0n) is 10.5. The van der Waals surface area contributed by atoms with Gasteiger partial charge in [0, 0.05) is 6.92 Å². The van der Waals surface area contributed by atoms with Crippen LogP contribution in [0.15, 0.2) is 0 Å². The summed E-state index contributed by atoms with van der Waals surface area (Å²) in [4.78, 5) is 18.8. The average molecular weight is 240 g/mol. The minimum atomic E-state index is 0.123. The highest BCUT2D eigenvalue weighted by Gasteiger charge is 2.12. The summed E-state index contributed by atoms with van der Waals surface area (Å²) in [5.74, 6) is 0.123. The van der Waals surface area contributed by atoms with Crippen LogP contribution in [0.5, 0.6) is 0 Å². The van der Waals surface area contributed by atoms with Crippen molar-refractivity contribution in [3.8, 4) is 0 Å². The monoisotopic (exact) mass is 240 g/mol. The summed E-state index contributed by atoms with van der Waals surface area (Å²) in [6.45, 7) is 7.63. The predicted molar refractivity (Wildman–Crippen MR) is 68.1 cm³/mol. The molecule has 0 atom stereocenters. The van der Waals surface area contributed by atoms with Gasteiger partial charge >= 0.3 is 0 Å². The van der Waals surface area contributed by atoms with Gasteiger partial charge in [-0.15, -0.1) is 11.3 Å². The number of carbonyl (C=O) groups is 1. The van der Waals surface area contributed by atoms with Gasteiger partial charge in [0.15, 0.2) is 5.78 Å². The summed E-state index contributed by atoms with van der Waals surface area (Å²) >= 11 is 1.53. The molecule has 4 heteroatoms. The fraction of sp³-hybridized carbons (Fsp3) is 0.667. The highest BCUT2D eigenvalue weighted by Crippen LogP contribution is 2.19. The largest absolute Gasteiger partial charge is 0.300 e. The smallest absolute Gasteiger partial charge is 0.171 e. The Kier molecular flexibility index (Phi) is 5.09. The van der Waals surface area contributed by atoms with E-state index in [1.807, 2.05) is 6.92 Å². The van der Waals surface area contributed by atoms with E-state index in [1.54, 1.807) is 6.92 Å². The minimum Gasteiger partial charge on any atom is -0.300 e. The molecule has 1 rings (SSSR count). The number of nitrogens with zero attached hydrogens (tertiary/aromatic N) is 2. The molecule has 0 aliphatic carbocycles. The van der Waals surface area contributed by atoms with E-state index in [0.29, 0.717) is 0 Å². The van der Waals surface area contributed by atoms with Gasteiger partial charge in [-0.2, -0.15) is 0 Å². The van der Waals surface area contributed by atoms with Gasteiger partial charge in [-0.25, -0.2) is 4.98 Å². The summed E-state index contributed by atoms with van der Waals surface area (Å²) in [5, 5.41) is 1.04. The lowest BCUT2D eigenvalue weighted by Crippen LogP contribution is -2.18. The van der Waals surface area contributed by atoms with Gasteiger partial charge in [-0.1, -0.05) is 13.3 Å². The summed E-state index contributed by atoms with van der Waals surface area (Å²) in [6, 6.07) is 0. The topological polar surface area (TPSA) is 33.2 Å². The lowest BCUT2D eigenvalue weighted by Gasteiger charge is -2.13. The standard InChI is InChI=1S/C12H20N2OS/c1-5-6-7-14(4)8-11-13-9(2)12(16-11)10(3)15/h5-8H2,1-4H3. The van der Waals surface area contributed by atoms with E-state index < -0.39 is 0 Å². The van der Waals surface area contributed by atoms with Crippen molar-refractivity contribution in [2.75, 3.05) is 13.6 Å². The van der Waals surface area contributed by atoms with Gasteiger partial charge in [0.05, 0.1) is 17.1 Å². The van der Waals surface area contributed by atoms with E-state index in [2.05, 4.69) is 23.9 Å².